The summed E-state index contributed by atoms with van der Waals surface area (Å²) < 4.78 is 0. The largest absolute Gasteiger partial charge is 0.478 e. The molecule has 0 radical (unpaired) electrons. The van der Waals surface area contributed by atoms with Gasteiger partial charge in [-0.3, -0.25) is 0 Å². The molecule has 1 unspecified atom stereocenters. The Morgan fingerprint density at radius 3 is 2.83 bits per heavy atom. The SMILES string of the molecule is CC[C@H]1C(CO)CCN1c1ccc2c(C(=O)O)c(Cl)ccc2n1. The standard InChI is InChI=1S/C17H19ClN2O3/c1-2-14-10(9-21)7-8-20(14)15-6-3-11-13(19-15)5-4-12(18)16(11)17(22)23/h3-6,10,14,21H,2,7-9H2,1H3,(H,22,23)/t10?,14-/m0/s1. The highest BCUT2D eigenvalue weighted by molar-refractivity contribution is 6.35. The van der Waals surface area contributed by atoms with Crippen LogP contribution in [0.2, 0.25) is 5.02 Å². The smallest absolute Gasteiger partial charge is 0.337 e. The van der Waals surface area contributed by atoms with Gasteiger partial charge >= 0.3 is 5.97 Å². The molecule has 2 heterocycles. The molecule has 0 spiro atoms. The van der Waals surface area contributed by atoms with Gasteiger partial charge in [-0.25, -0.2) is 9.78 Å². The molecule has 0 bridgehead atoms. The summed E-state index contributed by atoms with van der Waals surface area (Å²) in [7, 11) is 0. The third kappa shape index (κ3) is 2.75. The quantitative estimate of drug-likeness (QED) is 0.898. The van der Waals surface area contributed by atoms with E-state index in [0.29, 0.717) is 10.9 Å². The summed E-state index contributed by atoms with van der Waals surface area (Å²) in [5, 5.41) is 19.6. The van der Waals surface area contributed by atoms with E-state index in [9.17, 15) is 15.0 Å². The minimum absolute atomic E-state index is 0.0879. The fourth-order valence-corrected chi connectivity index (χ4v) is 3.76. The number of hydrogen-bond acceptors (Lipinski definition) is 4. The number of aliphatic hydroxyl groups excluding tert-OH is 1. The molecule has 122 valence electrons. The Morgan fingerprint density at radius 2 is 2.17 bits per heavy atom. The summed E-state index contributed by atoms with van der Waals surface area (Å²) in [6.45, 7) is 3.14. The molecule has 2 aromatic rings. The lowest BCUT2D eigenvalue weighted by atomic mass is 9.99. The van der Waals surface area contributed by atoms with Gasteiger partial charge in [0.1, 0.15) is 5.82 Å². The number of rotatable bonds is 4. The van der Waals surface area contributed by atoms with Crippen LogP contribution in [0.3, 0.4) is 0 Å². The van der Waals surface area contributed by atoms with Crippen LogP contribution in [0.4, 0.5) is 5.82 Å². The first-order chi connectivity index (χ1) is 11.1. The minimum atomic E-state index is -1.05. The molecule has 1 saturated heterocycles. The number of aliphatic hydroxyl groups is 1. The second-order valence-electron chi connectivity index (χ2n) is 5.86. The second kappa shape index (κ2) is 6.34. The number of nitrogens with zero attached hydrogens (tertiary/aromatic N) is 2. The van der Waals surface area contributed by atoms with Gasteiger partial charge in [-0.15, -0.1) is 0 Å². The van der Waals surface area contributed by atoms with E-state index in [2.05, 4.69) is 16.8 Å². The third-order valence-electron chi connectivity index (χ3n) is 4.65. The maximum atomic E-state index is 11.4. The first kappa shape index (κ1) is 16.0. The molecular weight excluding hydrogens is 316 g/mol. The van der Waals surface area contributed by atoms with Crippen molar-refractivity contribution in [2.75, 3.05) is 18.1 Å². The lowest BCUT2D eigenvalue weighted by molar-refractivity contribution is 0.0699. The van der Waals surface area contributed by atoms with Crippen LogP contribution in [0.1, 0.15) is 30.1 Å². The lowest BCUT2D eigenvalue weighted by Gasteiger charge is -2.27. The van der Waals surface area contributed by atoms with Gasteiger partial charge in [0.25, 0.3) is 0 Å². The molecule has 1 aliphatic rings. The van der Waals surface area contributed by atoms with Gasteiger partial charge in [-0.1, -0.05) is 18.5 Å². The van der Waals surface area contributed by atoms with Crippen LogP contribution < -0.4 is 4.90 Å². The fourth-order valence-electron chi connectivity index (χ4n) is 3.51. The van der Waals surface area contributed by atoms with Crippen molar-refractivity contribution in [3.05, 3.63) is 34.9 Å². The van der Waals surface area contributed by atoms with E-state index in [1.165, 1.54) is 0 Å². The van der Waals surface area contributed by atoms with Crippen molar-refractivity contribution in [1.82, 2.24) is 4.98 Å². The van der Waals surface area contributed by atoms with Crippen LogP contribution in [0.5, 0.6) is 0 Å². The molecule has 5 nitrogen and oxygen atoms in total. The van der Waals surface area contributed by atoms with Crippen LogP contribution in [0, 0.1) is 5.92 Å². The van der Waals surface area contributed by atoms with E-state index < -0.39 is 5.97 Å². The van der Waals surface area contributed by atoms with Gasteiger partial charge < -0.3 is 15.1 Å². The molecule has 2 atom stereocenters. The first-order valence-corrected chi connectivity index (χ1v) is 8.14. The molecule has 3 rings (SSSR count). The Labute approximate surface area is 139 Å². The van der Waals surface area contributed by atoms with Crippen LogP contribution in [-0.4, -0.2) is 40.4 Å². The van der Waals surface area contributed by atoms with E-state index in [1.54, 1.807) is 18.2 Å². The fraction of sp³-hybridized carbons (Fsp3) is 0.412. The average molecular weight is 335 g/mol. The maximum absolute atomic E-state index is 11.4. The molecule has 1 aromatic carbocycles. The van der Waals surface area contributed by atoms with Gasteiger partial charge in [0.2, 0.25) is 0 Å². The number of anilines is 1. The Bertz CT molecular complexity index is 750. The number of hydrogen-bond donors (Lipinski definition) is 2. The van der Waals surface area contributed by atoms with Gasteiger partial charge in [0.15, 0.2) is 0 Å². The monoisotopic (exact) mass is 334 g/mol. The first-order valence-electron chi connectivity index (χ1n) is 7.76. The molecule has 0 aliphatic carbocycles. The molecule has 2 N–H and O–H groups in total. The number of aromatic nitrogens is 1. The van der Waals surface area contributed by atoms with Crippen LogP contribution in [0.15, 0.2) is 24.3 Å². The number of carboxylic acid groups (broad SMARTS) is 1. The van der Waals surface area contributed by atoms with E-state index in [0.717, 1.165) is 25.2 Å². The van der Waals surface area contributed by atoms with Gasteiger partial charge in [0, 0.05) is 30.5 Å². The highest BCUT2D eigenvalue weighted by atomic mass is 35.5. The predicted octanol–water partition coefficient (Wildman–Crippen LogP) is 3.18. The summed E-state index contributed by atoms with van der Waals surface area (Å²) in [6.07, 6.45) is 1.88. The Morgan fingerprint density at radius 1 is 1.39 bits per heavy atom. The zero-order valence-corrected chi connectivity index (χ0v) is 13.6. The van der Waals surface area contributed by atoms with Gasteiger partial charge in [-0.2, -0.15) is 0 Å². The lowest BCUT2D eigenvalue weighted by Crippen LogP contribution is -2.33. The topological polar surface area (TPSA) is 73.7 Å². The highest BCUT2D eigenvalue weighted by Crippen LogP contribution is 2.33. The summed E-state index contributed by atoms with van der Waals surface area (Å²) >= 11 is 6.00. The van der Waals surface area contributed by atoms with Crippen molar-refractivity contribution in [3.63, 3.8) is 0 Å². The molecule has 0 saturated carbocycles. The number of benzene rings is 1. The zero-order chi connectivity index (χ0) is 16.6. The summed E-state index contributed by atoms with van der Waals surface area (Å²) in [4.78, 5) is 18.2. The molecule has 1 aliphatic heterocycles. The zero-order valence-electron chi connectivity index (χ0n) is 12.9. The number of carboxylic acids is 1. The van der Waals surface area contributed by atoms with Crippen LogP contribution in [0.25, 0.3) is 10.9 Å². The van der Waals surface area contributed by atoms with Crippen molar-refractivity contribution >= 4 is 34.3 Å². The second-order valence-corrected chi connectivity index (χ2v) is 6.27. The third-order valence-corrected chi connectivity index (χ3v) is 4.97. The summed E-state index contributed by atoms with van der Waals surface area (Å²) in [6, 6.07) is 7.19. The molecule has 23 heavy (non-hydrogen) atoms. The number of aromatic carboxylic acids is 1. The van der Waals surface area contributed by atoms with Crippen LogP contribution in [-0.2, 0) is 0 Å². The number of carbonyl (C=O) groups is 1. The molecular formula is C17H19ClN2O3. The van der Waals surface area contributed by atoms with E-state index in [1.807, 2.05) is 6.07 Å². The number of pyridine rings is 1. The van der Waals surface area contributed by atoms with Crippen molar-refractivity contribution in [3.8, 4) is 0 Å². The minimum Gasteiger partial charge on any atom is -0.478 e. The number of fused-ring (bicyclic) bond motifs is 1. The Balaban J connectivity index is 2.05. The number of halogens is 1. The van der Waals surface area contributed by atoms with Gasteiger partial charge in [-0.05, 0) is 37.1 Å². The van der Waals surface area contributed by atoms with E-state index in [-0.39, 0.29) is 29.2 Å². The normalized spacial score (nSPS) is 21.1. The van der Waals surface area contributed by atoms with Crippen LogP contribution >= 0.6 is 11.6 Å². The summed E-state index contributed by atoms with van der Waals surface area (Å²) in [5.41, 5.74) is 0.705. The average Bonchev–Trinajstić information content (AvgIpc) is 2.96. The Hall–Kier alpha value is -1.85. The van der Waals surface area contributed by atoms with E-state index in [4.69, 9.17) is 11.6 Å². The predicted molar refractivity (Wildman–Crippen MR) is 90.3 cm³/mol. The summed E-state index contributed by atoms with van der Waals surface area (Å²) in [5.74, 6) is 0.0272. The van der Waals surface area contributed by atoms with Crippen molar-refractivity contribution < 1.29 is 15.0 Å². The molecule has 1 fully saturated rings. The molecule has 0 amide bonds. The van der Waals surface area contributed by atoms with E-state index >= 15 is 0 Å². The maximum Gasteiger partial charge on any atom is 0.337 e. The van der Waals surface area contributed by atoms with Crippen molar-refractivity contribution in [1.29, 1.82) is 0 Å². The van der Waals surface area contributed by atoms with Crippen molar-refractivity contribution in [2.24, 2.45) is 5.92 Å². The van der Waals surface area contributed by atoms with Crippen molar-refractivity contribution in [2.45, 2.75) is 25.8 Å². The van der Waals surface area contributed by atoms with Gasteiger partial charge in [0.05, 0.1) is 16.1 Å². The Kier molecular flexibility index (Phi) is 4.41. The highest BCUT2D eigenvalue weighted by Gasteiger charge is 2.33. The molecule has 1 aromatic heterocycles. The molecule has 6 heteroatoms.